The summed E-state index contributed by atoms with van der Waals surface area (Å²) in [5.41, 5.74) is 1.17. The first-order valence-corrected chi connectivity index (χ1v) is 11.6. The molecular weight excluding hydrogens is 347 g/mol. The maximum Gasteiger partial charge on any atom is 0.165 e. The molecule has 28 heavy (non-hydrogen) atoms. The third kappa shape index (κ3) is 4.31. The van der Waals surface area contributed by atoms with Gasteiger partial charge in [0, 0.05) is 0 Å². The van der Waals surface area contributed by atoms with E-state index in [-0.39, 0.29) is 5.82 Å². The fourth-order valence-corrected chi connectivity index (χ4v) is 6.70. The molecule has 3 aliphatic rings. The number of rotatable bonds is 4. The SMILES string of the molecule is C/C=C/C1CCC2CC(C3CCC(c4ccc(OC)c(F)c4)CC3)CCC2C1. The molecule has 3 aliphatic carbocycles. The Labute approximate surface area is 170 Å². The summed E-state index contributed by atoms with van der Waals surface area (Å²) in [5, 5.41) is 0. The number of fused-ring (bicyclic) bond motifs is 1. The molecule has 1 nitrogen and oxygen atoms in total. The van der Waals surface area contributed by atoms with Crippen LogP contribution in [-0.4, -0.2) is 7.11 Å². The summed E-state index contributed by atoms with van der Waals surface area (Å²) in [4.78, 5) is 0. The van der Waals surface area contributed by atoms with Crippen LogP contribution in [0.4, 0.5) is 4.39 Å². The molecule has 1 aromatic carbocycles. The maximum atomic E-state index is 14.1. The second-order valence-electron chi connectivity index (χ2n) is 9.70. The predicted octanol–water partition coefficient (Wildman–Crippen LogP) is 7.52. The molecule has 4 rings (SSSR count). The van der Waals surface area contributed by atoms with Crippen LogP contribution in [0.2, 0.25) is 0 Å². The minimum Gasteiger partial charge on any atom is -0.494 e. The lowest BCUT2D eigenvalue weighted by molar-refractivity contribution is 0.0718. The molecular formula is C26H37FO. The number of hydrogen-bond acceptors (Lipinski definition) is 1. The highest BCUT2D eigenvalue weighted by molar-refractivity contribution is 5.31. The molecule has 3 fully saturated rings. The first-order valence-electron chi connectivity index (χ1n) is 11.6. The van der Waals surface area contributed by atoms with Crippen molar-refractivity contribution in [2.24, 2.45) is 29.6 Å². The molecule has 0 aromatic heterocycles. The van der Waals surface area contributed by atoms with Crippen molar-refractivity contribution in [2.75, 3.05) is 7.11 Å². The van der Waals surface area contributed by atoms with Crippen LogP contribution in [-0.2, 0) is 0 Å². The van der Waals surface area contributed by atoms with Crippen LogP contribution in [0.1, 0.15) is 82.6 Å². The van der Waals surface area contributed by atoms with Gasteiger partial charge in [-0.1, -0.05) is 18.2 Å². The van der Waals surface area contributed by atoms with Gasteiger partial charge >= 0.3 is 0 Å². The van der Waals surface area contributed by atoms with Crippen molar-refractivity contribution in [2.45, 2.75) is 77.0 Å². The van der Waals surface area contributed by atoms with E-state index in [4.69, 9.17) is 4.74 Å². The molecule has 0 bridgehead atoms. The Kier molecular flexibility index (Phi) is 6.43. The number of allylic oxidation sites excluding steroid dienone is 2. The van der Waals surface area contributed by atoms with Crippen molar-refractivity contribution in [3.63, 3.8) is 0 Å². The lowest BCUT2D eigenvalue weighted by Crippen LogP contribution is -2.34. The highest BCUT2D eigenvalue weighted by Crippen LogP contribution is 2.50. The van der Waals surface area contributed by atoms with Crippen LogP contribution in [0.5, 0.6) is 5.75 Å². The summed E-state index contributed by atoms with van der Waals surface area (Å²) in [6.45, 7) is 2.17. The van der Waals surface area contributed by atoms with Crippen molar-refractivity contribution < 1.29 is 9.13 Å². The van der Waals surface area contributed by atoms with E-state index in [0.29, 0.717) is 11.7 Å². The molecule has 0 radical (unpaired) electrons. The smallest absolute Gasteiger partial charge is 0.165 e. The van der Waals surface area contributed by atoms with Gasteiger partial charge in [-0.15, -0.1) is 0 Å². The Morgan fingerprint density at radius 2 is 1.50 bits per heavy atom. The minimum absolute atomic E-state index is 0.214. The van der Waals surface area contributed by atoms with Crippen molar-refractivity contribution in [1.29, 1.82) is 0 Å². The molecule has 2 heteroatoms. The summed E-state index contributed by atoms with van der Waals surface area (Å²) < 4.78 is 19.1. The van der Waals surface area contributed by atoms with E-state index < -0.39 is 0 Å². The molecule has 0 N–H and O–H groups in total. The van der Waals surface area contributed by atoms with E-state index in [0.717, 1.165) is 29.6 Å². The standard InChI is InChI=1S/C26H37FO/c1-3-4-18-5-6-23-16-22(12-11-21(23)15-18)19-7-9-20(10-8-19)24-13-14-26(28-2)25(27)17-24/h3-4,13-14,17-23H,5-12,15-16H2,1-2H3/b4-3+. The van der Waals surface area contributed by atoms with E-state index in [9.17, 15) is 4.39 Å². The van der Waals surface area contributed by atoms with Crippen LogP contribution in [0, 0.1) is 35.4 Å². The number of methoxy groups -OCH3 is 1. The second-order valence-corrected chi connectivity index (χ2v) is 9.70. The van der Waals surface area contributed by atoms with Gasteiger partial charge in [0.25, 0.3) is 0 Å². The Hall–Kier alpha value is -1.31. The summed E-state index contributed by atoms with van der Waals surface area (Å²) in [6.07, 6.45) is 18.5. The molecule has 4 unspecified atom stereocenters. The van der Waals surface area contributed by atoms with E-state index >= 15 is 0 Å². The Bertz CT molecular complexity index is 673. The minimum atomic E-state index is -0.214. The van der Waals surface area contributed by atoms with Crippen LogP contribution in [0.3, 0.4) is 0 Å². The predicted molar refractivity (Wildman–Crippen MR) is 114 cm³/mol. The van der Waals surface area contributed by atoms with Gasteiger partial charge in [-0.05, 0) is 124 Å². The largest absolute Gasteiger partial charge is 0.494 e. The summed E-state index contributed by atoms with van der Waals surface area (Å²) in [5.74, 6) is 5.37. The Morgan fingerprint density at radius 3 is 2.18 bits per heavy atom. The Balaban J connectivity index is 1.29. The van der Waals surface area contributed by atoms with Gasteiger partial charge in [0.2, 0.25) is 0 Å². The lowest BCUT2D eigenvalue weighted by Gasteiger charge is -2.45. The molecule has 0 amide bonds. The lowest BCUT2D eigenvalue weighted by atomic mass is 9.61. The topological polar surface area (TPSA) is 9.23 Å². The highest BCUT2D eigenvalue weighted by atomic mass is 19.1. The number of ether oxygens (including phenoxy) is 1. The molecule has 1 aromatic rings. The molecule has 0 saturated heterocycles. The summed E-state index contributed by atoms with van der Waals surface area (Å²) in [6, 6.07) is 5.57. The molecule has 3 saturated carbocycles. The van der Waals surface area contributed by atoms with Crippen molar-refractivity contribution in [3.05, 3.63) is 41.7 Å². The van der Waals surface area contributed by atoms with E-state index in [1.165, 1.54) is 76.9 Å². The third-order valence-electron chi connectivity index (χ3n) is 8.24. The molecule has 0 aliphatic heterocycles. The maximum absolute atomic E-state index is 14.1. The summed E-state index contributed by atoms with van der Waals surface area (Å²) in [7, 11) is 1.53. The zero-order chi connectivity index (χ0) is 19.5. The van der Waals surface area contributed by atoms with Gasteiger partial charge in [-0.25, -0.2) is 4.39 Å². The third-order valence-corrected chi connectivity index (χ3v) is 8.24. The molecule has 0 spiro atoms. The van der Waals surface area contributed by atoms with Gasteiger partial charge in [0.15, 0.2) is 11.6 Å². The van der Waals surface area contributed by atoms with E-state index in [1.807, 2.05) is 0 Å². The summed E-state index contributed by atoms with van der Waals surface area (Å²) >= 11 is 0. The van der Waals surface area contributed by atoms with Gasteiger partial charge in [-0.2, -0.15) is 0 Å². The van der Waals surface area contributed by atoms with Gasteiger partial charge in [0.1, 0.15) is 0 Å². The molecule has 0 heterocycles. The van der Waals surface area contributed by atoms with Crippen molar-refractivity contribution in [1.82, 2.24) is 0 Å². The average molecular weight is 385 g/mol. The Morgan fingerprint density at radius 1 is 0.857 bits per heavy atom. The van der Waals surface area contributed by atoms with Gasteiger partial charge in [0.05, 0.1) is 7.11 Å². The first kappa shape index (κ1) is 20.0. The first-order chi connectivity index (χ1) is 13.7. The number of benzene rings is 1. The van der Waals surface area contributed by atoms with Crippen LogP contribution >= 0.6 is 0 Å². The number of halogens is 1. The van der Waals surface area contributed by atoms with Crippen molar-refractivity contribution in [3.8, 4) is 5.75 Å². The van der Waals surface area contributed by atoms with Gasteiger partial charge in [-0.3, -0.25) is 0 Å². The zero-order valence-electron chi connectivity index (χ0n) is 17.7. The van der Waals surface area contributed by atoms with E-state index in [1.54, 1.807) is 12.1 Å². The normalized spacial score (nSPS) is 36.2. The highest BCUT2D eigenvalue weighted by Gasteiger charge is 2.38. The quantitative estimate of drug-likeness (QED) is 0.488. The average Bonchev–Trinajstić information content (AvgIpc) is 2.73. The fourth-order valence-electron chi connectivity index (χ4n) is 6.70. The molecule has 4 atom stereocenters. The van der Waals surface area contributed by atoms with Crippen molar-refractivity contribution >= 4 is 0 Å². The monoisotopic (exact) mass is 384 g/mol. The number of hydrogen-bond donors (Lipinski definition) is 0. The van der Waals surface area contributed by atoms with Crippen LogP contribution in [0.25, 0.3) is 0 Å². The fraction of sp³-hybridized carbons (Fsp3) is 0.692. The van der Waals surface area contributed by atoms with Gasteiger partial charge < -0.3 is 4.74 Å². The second kappa shape index (κ2) is 9.01. The molecule has 154 valence electrons. The van der Waals surface area contributed by atoms with Crippen LogP contribution < -0.4 is 4.74 Å². The van der Waals surface area contributed by atoms with Crippen LogP contribution in [0.15, 0.2) is 30.4 Å². The van der Waals surface area contributed by atoms with E-state index in [2.05, 4.69) is 25.1 Å². The zero-order valence-corrected chi connectivity index (χ0v) is 17.7.